The first-order valence-corrected chi connectivity index (χ1v) is 15.3. The number of anilines is 1. The van der Waals surface area contributed by atoms with Gasteiger partial charge in [-0.05, 0) is 137 Å². The van der Waals surface area contributed by atoms with Crippen LogP contribution in [0.4, 0.5) is 5.69 Å². The first-order valence-electron chi connectivity index (χ1n) is 15.3. The van der Waals surface area contributed by atoms with E-state index in [4.69, 9.17) is 10.00 Å². The SMILES string of the molecule is CCOC[C@H]1CC[C@H]2[C@H](CC[C@@H]3[C@@H]2CC[C@]2(C)[C@@H]([C@@H](C)Nc4ccc(-n5ccc(C#N)n5)nc4)CC[C@@H]32)C1. The van der Waals surface area contributed by atoms with Crippen molar-refractivity contribution in [2.24, 2.45) is 46.8 Å². The van der Waals surface area contributed by atoms with Gasteiger partial charge in [0.1, 0.15) is 6.07 Å². The van der Waals surface area contributed by atoms with Crippen molar-refractivity contribution in [2.45, 2.75) is 84.6 Å². The first-order chi connectivity index (χ1) is 18.5. The molecule has 4 saturated carbocycles. The highest BCUT2D eigenvalue weighted by molar-refractivity contribution is 5.44. The lowest BCUT2D eigenvalue weighted by Gasteiger charge is -2.57. The van der Waals surface area contributed by atoms with Gasteiger partial charge in [-0.3, -0.25) is 0 Å². The Morgan fingerprint density at radius 2 is 1.97 bits per heavy atom. The second-order valence-corrected chi connectivity index (χ2v) is 13.1. The number of ether oxygens (including phenoxy) is 1. The van der Waals surface area contributed by atoms with E-state index in [0.29, 0.717) is 23.1 Å². The smallest absolute Gasteiger partial charge is 0.162 e. The van der Waals surface area contributed by atoms with Crippen LogP contribution in [0.3, 0.4) is 0 Å². The van der Waals surface area contributed by atoms with E-state index in [2.05, 4.69) is 48.3 Å². The Labute approximate surface area is 228 Å². The summed E-state index contributed by atoms with van der Waals surface area (Å²) in [5.74, 6) is 7.01. The molecule has 0 aromatic carbocycles. The monoisotopic (exact) mass is 515 g/mol. The molecule has 0 aliphatic heterocycles. The number of pyridine rings is 1. The average Bonchev–Trinajstić information content (AvgIpc) is 3.56. The van der Waals surface area contributed by atoms with Gasteiger partial charge in [0.25, 0.3) is 0 Å². The minimum absolute atomic E-state index is 0.407. The molecule has 2 aromatic rings. The van der Waals surface area contributed by atoms with Crippen LogP contribution in [0, 0.1) is 58.2 Å². The number of fused-ring (bicyclic) bond motifs is 5. The quantitative estimate of drug-likeness (QED) is 0.436. The van der Waals surface area contributed by atoms with Crippen LogP contribution in [0.15, 0.2) is 30.6 Å². The van der Waals surface area contributed by atoms with Crippen molar-refractivity contribution in [3.63, 3.8) is 0 Å². The van der Waals surface area contributed by atoms with E-state index in [0.717, 1.165) is 60.2 Å². The van der Waals surface area contributed by atoms with Crippen LogP contribution in [0.1, 0.15) is 84.3 Å². The normalized spacial score (nSPS) is 36.9. The first kappa shape index (κ1) is 25.9. The van der Waals surface area contributed by atoms with E-state index in [1.807, 2.05) is 12.3 Å². The van der Waals surface area contributed by atoms with E-state index in [1.165, 1.54) is 57.8 Å². The second kappa shape index (κ2) is 10.6. The highest BCUT2D eigenvalue weighted by Gasteiger charge is 2.57. The second-order valence-electron chi connectivity index (χ2n) is 13.1. The minimum Gasteiger partial charge on any atom is -0.381 e. The third-order valence-electron chi connectivity index (χ3n) is 11.4. The number of nitrogens with one attached hydrogen (secondary N) is 1. The maximum Gasteiger partial charge on any atom is 0.162 e. The Hall–Kier alpha value is -2.39. The Balaban J connectivity index is 1.09. The summed E-state index contributed by atoms with van der Waals surface area (Å²) in [6, 6.07) is 8.29. The topological polar surface area (TPSA) is 75.8 Å². The van der Waals surface area contributed by atoms with Gasteiger partial charge in [-0.2, -0.15) is 10.4 Å². The van der Waals surface area contributed by atoms with Crippen LogP contribution in [0.5, 0.6) is 0 Å². The van der Waals surface area contributed by atoms with Crippen molar-refractivity contribution in [1.29, 1.82) is 5.26 Å². The van der Waals surface area contributed by atoms with Crippen molar-refractivity contribution >= 4 is 5.69 Å². The van der Waals surface area contributed by atoms with Crippen molar-refractivity contribution in [3.05, 3.63) is 36.3 Å². The molecule has 9 atom stereocenters. The molecule has 0 radical (unpaired) electrons. The molecule has 0 unspecified atom stereocenters. The third-order valence-corrected chi connectivity index (χ3v) is 11.4. The summed E-state index contributed by atoms with van der Waals surface area (Å²) in [7, 11) is 0. The number of nitriles is 1. The van der Waals surface area contributed by atoms with Crippen LogP contribution >= 0.6 is 0 Å². The van der Waals surface area contributed by atoms with Crippen LogP contribution < -0.4 is 5.32 Å². The Morgan fingerprint density at radius 1 is 1.11 bits per heavy atom. The molecule has 38 heavy (non-hydrogen) atoms. The molecule has 0 amide bonds. The number of nitrogens with zero attached hydrogens (tertiary/aromatic N) is 4. The third kappa shape index (κ3) is 4.66. The predicted molar refractivity (Wildman–Crippen MR) is 150 cm³/mol. The molecule has 6 nitrogen and oxygen atoms in total. The van der Waals surface area contributed by atoms with E-state index < -0.39 is 0 Å². The minimum atomic E-state index is 0.407. The maximum atomic E-state index is 9.04. The lowest BCUT2D eigenvalue weighted by molar-refractivity contribution is -0.0738. The molecule has 4 aliphatic carbocycles. The number of rotatable bonds is 7. The molecular weight excluding hydrogens is 470 g/mol. The summed E-state index contributed by atoms with van der Waals surface area (Å²) >= 11 is 0. The molecule has 204 valence electrons. The Bertz CT molecular complexity index is 1140. The Morgan fingerprint density at radius 3 is 2.74 bits per heavy atom. The summed E-state index contributed by atoms with van der Waals surface area (Å²) in [6.07, 6.45) is 16.5. The zero-order valence-electron chi connectivity index (χ0n) is 23.5. The fraction of sp³-hybridized carbons (Fsp3) is 0.719. The van der Waals surface area contributed by atoms with Gasteiger partial charge >= 0.3 is 0 Å². The molecule has 0 saturated heterocycles. The van der Waals surface area contributed by atoms with Crippen molar-refractivity contribution in [2.75, 3.05) is 18.5 Å². The van der Waals surface area contributed by atoms with Crippen molar-refractivity contribution in [1.82, 2.24) is 14.8 Å². The molecule has 0 bridgehead atoms. The lowest BCUT2D eigenvalue weighted by atomic mass is 9.49. The molecule has 6 heteroatoms. The van der Waals surface area contributed by atoms with Gasteiger partial charge in [-0.25, -0.2) is 9.67 Å². The molecule has 2 heterocycles. The molecule has 0 spiro atoms. The summed E-state index contributed by atoms with van der Waals surface area (Å²) < 4.78 is 7.47. The summed E-state index contributed by atoms with van der Waals surface area (Å²) in [4.78, 5) is 4.61. The van der Waals surface area contributed by atoms with Gasteiger partial charge in [-0.15, -0.1) is 0 Å². The van der Waals surface area contributed by atoms with Crippen LogP contribution in [0.25, 0.3) is 5.82 Å². The van der Waals surface area contributed by atoms with E-state index >= 15 is 0 Å². The molecule has 6 rings (SSSR count). The van der Waals surface area contributed by atoms with Gasteiger partial charge < -0.3 is 10.1 Å². The summed E-state index contributed by atoms with van der Waals surface area (Å²) in [5.41, 5.74) is 1.92. The molecule has 1 N–H and O–H groups in total. The van der Waals surface area contributed by atoms with Gasteiger partial charge in [0, 0.05) is 25.5 Å². The molecule has 4 fully saturated rings. The standard InChI is InChI=1S/C32H45N5O/c1-4-38-20-22-5-8-26-23(17-22)6-9-28-27(26)13-15-32(3)29(10-11-30(28)32)21(2)35-25-7-12-31(34-19-25)37-16-14-24(18-33)36-37/h7,12,14,16,19,21-23,26-30,35H,4-6,8-11,13,15,17,20H2,1-3H3/t21-,22+,23-,26+,27-,28-,29-,30+,32-/m1/s1. The zero-order valence-corrected chi connectivity index (χ0v) is 23.5. The molecular formula is C32H45N5O. The predicted octanol–water partition coefficient (Wildman–Crippen LogP) is 6.86. The summed E-state index contributed by atoms with van der Waals surface area (Å²) in [6.45, 7) is 9.01. The molecule has 2 aromatic heterocycles. The fourth-order valence-electron chi connectivity index (χ4n) is 9.73. The largest absolute Gasteiger partial charge is 0.381 e. The average molecular weight is 516 g/mol. The molecule has 4 aliphatic rings. The highest BCUT2D eigenvalue weighted by Crippen LogP contribution is 2.65. The Kier molecular flexibility index (Phi) is 7.24. The van der Waals surface area contributed by atoms with Crippen molar-refractivity contribution < 1.29 is 4.74 Å². The zero-order chi connectivity index (χ0) is 26.3. The van der Waals surface area contributed by atoms with Gasteiger partial charge in [0.05, 0.1) is 11.9 Å². The van der Waals surface area contributed by atoms with E-state index in [1.54, 1.807) is 16.9 Å². The number of aromatic nitrogens is 3. The van der Waals surface area contributed by atoms with Crippen molar-refractivity contribution in [3.8, 4) is 11.9 Å². The van der Waals surface area contributed by atoms with Crippen LogP contribution in [-0.2, 0) is 4.74 Å². The highest BCUT2D eigenvalue weighted by atomic mass is 16.5. The van der Waals surface area contributed by atoms with Gasteiger partial charge in [-0.1, -0.05) is 6.92 Å². The van der Waals surface area contributed by atoms with Gasteiger partial charge in [0.2, 0.25) is 0 Å². The lowest BCUT2D eigenvalue weighted by Crippen LogP contribution is -2.50. The number of hydrogen-bond acceptors (Lipinski definition) is 5. The van der Waals surface area contributed by atoms with E-state index in [-0.39, 0.29) is 0 Å². The summed E-state index contributed by atoms with van der Waals surface area (Å²) in [5, 5.41) is 17.1. The van der Waals surface area contributed by atoms with Crippen LogP contribution in [-0.4, -0.2) is 34.0 Å². The van der Waals surface area contributed by atoms with E-state index in [9.17, 15) is 0 Å². The number of hydrogen-bond donors (Lipinski definition) is 1. The fourth-order valence-corrected chi connectivity index (χ4v) is 9.73. The van der Waals surface area contributed by atoms with Gasteiger partial charge in [0.15, 0.2) is 11.5 Å². The van der Waals surface area contributed by atoms with Crippen LogP contribution in [0.2, 0.25) is 0 Å². The maximum absolute atomic E-state index is 9.04.